The zero-order valence-electron chi connectivity index (χ0n) is 15.1. The van der Waals surface area contributed by atoms with E-state index in [9.17, 15) is 13.2 Å². The second-order valence-corrected chi connectivity index (χ2v) is 9.39. The van der Waals surface area contributed by atoms with Crippen molar-refractivity contribution in [2.75, 3.05) is 38.2 Å². The van der Waals surface area contributed by atoms with Crippen molar-refractivity contribution in [1.82, 2.24) is 9.62 Å². The summed E-state index contributed by atoms with van der Waals surface area (Å²) in [6.45, 7) is 1.85. The van der Waals surface area contributed by atoms with Gasteiger partial charge in [-0.3, -0.25) is 4.79 Å². The maximum Gasteiger partial charge on any atom is 0.252 e. The van der Waals surface area contributed by atoms with Gasteiger partial charge in [-0.2, -0.15) is 9.57 Å². The number of sulfonamides is 1. The Bertz CT molecular complexity index is 958. The highest BCUT2D eigenvalue weighted by atomic mass is 32.2. The molecule has 1 aliphatic heterocycles. The Morgan fingerprint density at radius 1 is 1.18 bits per heavy atom. The first-order valence-electron chi connectivity index (χ1n) is 8.66. The topological polar surface area (TPSA) is 112 Å². The average molecular weight is 421 g/mol. The van der Waals surface area contributed by atoms with Gasteiger partial charge in [0.15, 0.2) is 0 Å². The molecule has 0 radical (unpaired) electrons. The molecular formula is C18H20N4O4S2. The highest BCUT2D eigenvalue weighted by molar-refractivity contribution is 7.91. The number of nitrogens with zero attached hydrogens (tertiary/aromatic N) is 2. The van der Waals surface area contributed by atoms with E-state index in [1.165, 1.54) is 4.31 Å². The molecule has 1 aromatic carbocycles. The molecule has 1 fully saturated rings. The van der Waals surface area contributed by atoms with Crippen LogP contribution in [0.15, 0.2) is 40.6 Å². The van der Waals surface area contributed by atoms with Crippen LogP contribution in [0.4, 0.5) is 5.69 Å². The summed E-state index contributed by atoms with van der Waals surface area (Å²) < 4.78 is 32.1. The molecule has 1 amide bonds. The fourth-order valence-corrected chi connectivity index (χ4v) is 5.46. The van der Waals surface area contributed by atoms with E-state index < -0.39 is 10.0 Å². The smallest absolute Gasteiger partial charge is 0.252 e. The molecule has 0 aliphatic carbocycles. The first kappa shape index (κ1) is 20.3. The van der Waals surface area contributed by atoms with E-state index in [-0.39, 0.29) is 23.2 Å². The first-order valence-corrected chi connectivity index (χ1v) is 10.9. The quantitative estimate of drug-likeness (QED) is 0.700. The summed E-state index contributed by atoms with van der Waals surface area (Å²) in [4.78, 5) is 12.8. The molecule has 0 saturated carbocycles. The lowest BCUT2D eigenvalue weighted by atomic mass is 10.2. The second kappa shape index (κ2) is 9.16. The summed E-state index contributed by atoms with van der Waals surface area (Å²) in [7, 11) is -3.51. The number of nitriles is 1. The van der Waals surface area contributed by atoms with Crippen LogP contribution in [-0.2, 0) is 26.1 Å². The van der Waals surface area contributed by atoms with Gasteiger partial charge in [0.25, 0.3) is 10.0 Å². The molecule has 28 heavy (non-hydrogen) atoms. The van der Waals surface area contributed by atoms with Crippen molar-refractivity contribution in [3.63, 3.8) is 0 Å². The van der Waals surface area contributed by atoms with Crippen molar-refractivity contribution in [2.45, 2.75) is 10.8 Å². The molecule has 10 heteroatoms. The fourth-order valence-electron chi connectivity index (χ4n) is 2.60. The normalized spacial score (nSPS) is 15.0. The summed E-state index contributed by atoms with van der Waals surface area (Å²) >= 11 is 1.16. The number of hydrogen-bond acceptors (Lipinski definition) is 7. The minimum Gasteiger partial charge on any atom is -0.379 e. The van der Waals surface area contributed by atoms with Gasteiger partial charge in [-0.05, 0) is 36.4 Å². The molecule has 2 N–H and O–H groups in total. The third-order valence-electron chi connectivity index (χ3n) is 4.13. The van der Waals surface area contributed by atoms with Gasteiger partial charge in [-0.1, -0.05) is 0 Å². The number of anilines is 1. The number of nitrogens with one attached hydrogen (secondary N) is 2. The van der Waals surface area contributed by atoms with Gasteiger partial charge >= 0.3 is 0 Å². The van der Waals surface area contributed by atoms with Crippen LogP contribution in [0, 0.1) is 11.3 Å². The molecule has 0 atom stereocenters. The van der Waals surface area contributed by atoms with E-state index in [0.29, 0.717) is 31.9 Å². The third-order valence-corrected chi connectivity index (χ3v) is 7.58. The fraction of sp³-hybridized carbons (Fsp3) is 0.333. The molecular weight excluding hydrogens is 400 g/mol. The number of thiophene rings is 1. The van der Waals surface area contributed by atoms with Crippen LogP contribution in [0.3, 0.4) is 0 Å². The van der Waals surface area contributed by atoms with Crippen molar-refractivity contribution < 1.29 is 17.9 Å². The summed E-state index contributed by atoms with van der Waals surface area (Å²) in [6, 6.07) is 12.1. The molecule has 1 aliphatic rings. The van der Waals surface area contributed by atoms with E-state index in [0.717, 1.165) is 21.9 Å². The van der Waals surface area contributed by atoms with Gasteiger partial charge in [0.1, 0.15) is 4.21 Å². The van der Waals surface area contributed by atoms with Crippen LogP contribution in [0.5, 0.6) is 0 Å². The van der Waals surface area contributed by atoms with Gasteiger partial charge in [0.2, 0.25) is 5.91 Å². The Morgan fingerprint density at radius 2 is 1.89 bits per heavy atom. The standard InChI is InChI=1S/C18H20N4O4S2/c19-11-14-1-3-15(4-2-14)20-13-17(23)21-12-16-5-6-18(27-16)28(24,25)22-7-9-26-10-8-22/h1-6,20H,7-10,12-13H2,(H,21,23). The summed E-state index contributed by atoms with van der Waals surface area (Å²) in [5.74, 6) is -0.213. The van der Waals surface area contributed by atoms with Crippen LogP contribution in [0.1, 0.15) is 10.4 Å². The molecule has 1 aromatic heterocycles. The molecule has 2 aromatic rings. The van der Waals surface area contributed by atoms with E-state index in [1.807, 2.05) is 6.07 Å². The SMILES string of the molecule is N#Cc1ccc(NCC(=O)NCc2ccc(S(=O)(=O)N3CCOCC3)s2)cc1. The summed E-state index contributed by atoms with van der Waals surface area (Å²) in [5.41, 5.74) is 1.29. The van der Waals surface area contributed by atoms with Gasteiger partial charge in [-0.25, -0.2) is 8.42 Å². The van der Waals surface area contributed by atoms with Crippen molar-refractivity contribution in [2.24, 2.45) is 0 Å². The lowest BCUT2D eigenvalue weighted by Gasteiger charge is -2.25. The first-order chi connectivity index (χ1) is 13.5. The van der Waals surface area contributed by atoms with Crippen molar-refractivity contribution in [3.05, 3.63) is 46.8 Å². The summed E-state index contributed by atoms with van der Waals surface area (Å²) in [5, 5.41) is 14.5. The minimum atomic E-state index is -3.51. The molecule has 0 bridgehead atoms. The lowest BCUT2D eigenvalue weighted by Crippen LogP contribution is -2.40. The highest BCUT2D eigenvalue weighted by Crippen LogP contribution is 2.25. The summed E-state index contributed by atoms with van der Waals surface area (Å²) in [6.07, 6.45) is 0. The Labute approximate surface area is 167 Å². The average Bonchev–Trinajstić information content (AvgIpc) is 3.22. The third kappa shape index (κ3) is 5.08. The zero-order valence-corrected chi connectivity index (χ0v) is 16.7. The van der Waals surface area contributed by atoms with Gasteiger partial charge in [0, 0.05) is 23.7 Å². The number of ether oxygens (including phenoxy) is 1. The highest BCUT2D eigenvalue weighted by Gasteiger charge is 2.27. The zero-order chi connectivity index (χ0) is 20.0. The van der Waals surface area contributed by atoms with Gasteiger partial charge < -0.3 is 15.4 Å². The Morgan fingerprint density at radius 3 is 2.57 bits per heavy atom. The minimum absolute atomic E-state index is 0.0796. The van der Waals surface area contributed by atoms with E-state index >= 15 is 0 Å². The maximum atomic E-state index is 12.6. The number of rotatable bonds is 7. The molecule has 0 unspecified atom stereocenters. The van der Waals surface area contributed by atoms with E-state index in [1.54, 1.807) is 36.4 Å². The van der Waals surface area contributed by atoms with Gasteiger partial charge in [-0.15, -0.1) is 11.3 Å². The molecule has 0 spiro atoms. The number of hydrogen-bond donors (Lipinski definition) is 2. The van der Waals surface area contributed by atoms with Crippen LogP contribution < -0.4 is 10.6 Å². The van der Waals surface area contributed by atoms with Gasteiger partial charge in [0.05, 0.1) is 37.9 Å². The molecule has 1 saturated heterocycles. The Hall–Kier alpha value is -2.45. The van der Waals surface area contributed by atoms with Crippen molar-refractivity contribution >= 4 is 33.0 Å². The predicted octanol–water partition coefficient (Wildman–Crippen LogP) is 1.37. The van der Waals surface area contributed by atoms with Crippen molar-refractivity contribution in [1.29, 1.82) is 5.26 Å². The number of benzene rings is 1. The lowest BCUT2D eigenvalue weighted by molar-refractivity contribution is -0.119. The number of carbonyl (C=O) groups excluding carboxylic acids is 1. The second-order valence-electron chi connectivity index (χ2n) is 6.06. The Kier molecular flexibility index (Phi) is 6.64. The van der Waals surface area contributed by atoms with E-state index in [4.69, 9.17) is 10.00 Å². The molecule has 8 nitrogen and oxygen atoms in total. The molecule has 3 rings (SSSR count). The van der Waals surface area contributed by atoms with Crippen LogP contribution in [0.2, 0.25) is 0 Å². The van der Waals surface area contributed by atoms with Crippen LogP contribution in [-0.4, -0.2) is 51.5 Å². The van der Waals surface area contributed by atoms with Crippen molar-refractivity contribution in [3.8, 4) is 6.07 Å². The van der Waals surface area contributed by atoms with Crippen LogP contribution >= 0.6 is 11.3 Å². The predicted molar refractivity (Wildman–Crippen MR) is 105 cm³/mol. The number of carbonyl (C=O) groups is 1. The maximum absolute atomic E-state index is 12.6. The molecule has 2 heterocycles. The Balaban J connectivity index is 1.49. The van der Waals surface area contributed by atoms with E-state index in [2.05, 4.69) is 10.6 Å². The number of morpholine rings is 1. The largest absolute Gasteiger partial charge is 0.379 e. The van der Waals surface area contributed by atoms with Crippen LogP contribution in [0.25, 0.3) is 0 Å². The molecule has 148 valence electrons. The monoisotopic (exact) mass is 420 g/mol. The number of amides is 1.